The van der Waals surface area contributed by atoms with Gasteiger partial charge in [-0.1, -0.05) is 6.07 Å². The van der Waals surface area contributed by atoms with E-state index < -0.39 is 0 Å². The minimum Gasteiger partial charge on any atom is -0.378 e. The van der Waals surface area contributed by atoms with Crippen molar-refractivity contribution in [2.24, 2.45) is 5.73 Å². The number of anilines is 2. The van der Waals surface area contributed by atoms with Gasteiger partial charge in [-0.05, 0) is 49.2 Å². The van der Waals surface area contributed by atoms with E-state index in [0.717, 1.165) is 75.7 Å². The number of rotatable bonds is 6. The molecule has 0 saturated carbocycles. The van der Waals surface area contributed by atoms with Crippen LogP contribution in [-0.2, 0) is 11.2 Å². The van der Waals surface area contributed by atoms with Crippen molar-refractivity contribution >= 4 is 22.4 Å². The number of nitriles is 1. The van der Waals surface area contributed by atoms with E-state index in [2.05, 4.69) is 49.7 Å². The summed E-state index contributed by atoms with van der Waals surface area (Å²) in [6.07, 6.45) is 3.29. The van der Waals surface area contributed by atoms with Gasteiger partial charge in [0, 0.05) is 101 Å². The molecule has 0 spiro atoms. The van der Waals surface area contributed by atoms with E-state index in [4.69, 9.17) is 16.8 Å². The molecule has 3 aromatic rings. The highest BCUT2D eigenvalue weighted by molar-refractivity contribution is 5.95. The fourth-order valence-corrected chi connectivity index (χ4v) is 6.59. The number of fused-ring (bicyclic) bond motifs is 2. The van der Waals surface area contributed by atoms with Gasteiger partial charge in [0.2, 0.25) is 0 Å². The summed E-state index contributed by atoms with van der Waals surface area (Å²) in [5.41, 5.74) is 9.64. The van der Waals surface area contributed by atoms with Crippen molar-refractivity contribution in [1.29, 1.82) is 5.26 Å². The molecule has 2 N–H and O–H groups in total. The molecule has 3 aliphatic heterocycles. The van der Waals surface area contributed by atoms with Crippen LogP contribution in [0.15, 0.2) is 48.8 Å². The quantitative estimate of drug-likeness (QED) is 0.517. The van der Waals surface area contributed by atoms with E-state index in [-0.39, 0.29) is 18.3 Å². The third-order valence-electron chi connectivity index (χ3n) is 8.70. The lowest BCUT2D eigenvalue weighted by Crippen LogP contribution is -2.65. The van der Waals surface area contributed by atoms with Gasteiger partial charge in [-0.15, -0.1) is 0 Å². The van der Waals surface area contributed by atoms with E-state index in [1.165, 1.54) is 5.56 Å². The van der Waals surface area contributed by atoms with E-state index in [0.29, 0.717) is 23.2 Å². The fraction of sp³-hybridized carbons (Fsp3) is 0.500. The number of hydrogen-bond acceptors (Lipinski definition) is 9. The molecule has 3 fully saturated rings. The molecule has 6 rings (SSSR count). The van der Waals surface area contributed by atoms with E-state index in [1.807, 2.05) is 24.4 Å². The second-order valence-electron chi connectivity index (χ2n) is 11.1. The summed E-state index contributed by atoms with van der Waals surface area (Å²) in [7, 11) is 1.74. The van der Waals surface area contributed by atoms with Gasteiger partial charge < -0.3 is 20.3 Å². The van der Waals surface area contributed by atoms with Crippen molar-refractivity contribution in [2.45, 2.75) is 37.6 Å². The Hall–Kier alpha value is -3.29. The minimum atomic E-state index is 0.0889. The summed E-state index contributed by atoms with van der Waals surface area (Å²) in [5, 5.41) is 10.5. The summed E-state index contributed by atoms with van der Waals surface area (Å²) in [6, 6.07) is 15.0. The zero-order valence-electron chi connectivity index (χ0n) is 23.8. The van der Waals surface area contributed by atoms with Crippen LogP contribution >= 0.6 is 0 Å². The maximum Gasteiger partial charge on any atom is 0.128 e. The SMILES string of the molecule is [2H]c1ccc2c(N3CC(C)N4CCN(c5ccc(CCN6C[C@H](OC)[C@@H](N)C6)cn5)C[C@H]4C3)ccc(C#N)c2n1. The molecular formula is C30H38N8O. The van der Waals surface area contributed by atoms with Crippen molar-refractivity contribution in [3.8, 4) is 6.07 Å². The predicted octanol–water partition coefficient (Wildman–Crippen LogP) is 2.10. The van der Waals surface area contributed by atoms with Gasteiger partial charge in [0.1, 0.15) is 11.9 Å². The largest absolute Gasteiger partial charge is 0.378 e. The van der Waals surface area contributed by atoms with Crippen molar-refractivity contribution in [2.75, 3.05) is 69.3 Å². The van der Waals surface area contributed by atoms with Crippen LogP contribution in [0, 0.1) is 11.3 Å². The number of nitrogens with two attached hydrogens (primary N) is 1. The molecule has 3 saturated heterocycles. The van der Waals surface area contributed by atoms with Crippen LogP contribution in [0.5, 0.6) is 0 Å². The monoisotopic (exact) mass is 527 g/mol. The van der Waals surface area contributed by atoms with Crippen LogP contribution in [0.2, 0.25) is 0 Å². The van der Waals surface area contributed by atoms with Gasteiger partial charge in [0.15, 0.2) is 0 Å². The second kappa shape index (κ2) is 11.1. The molecule has 0 radical (unpaired) electrons. The predicted molar refractivity (Wildman–Crippen MR) is 154 cm³/mol. The van der Waals surface area contributed by atoms with E-state index in [1.54, 1.807) is 13.2 Å². The van der Waals surface area contributed by atoms with Gasteiger partial charge >= 0.3 is 0 Å². The third kappa shape index (κ3) is 5.18. The lowest BCUT2D eigenvalue weighted by molar-refractivity contribution is 0.0984. The highest BCUT2D eigenvalue weighted by Gasteiger charge is 2.37. The van der Waals surface area contributed by atoms with Crippen LogP contribution in [0.4, 0.5) is 11.5 Å². The number of pyridine rings is 2. The number of nitrogens with zero attached hydrogens (tertiary/aromatic N) is 7. The molecule has 9 heteroatoms. The Morgan fingerprint density at radius 2 is 1.95 bits per heavy atom. The number of methoxy groups -OCH3 is 1. The van der Waals surface area contributed by atoms with Gasteiger partial charge in [-0.25, -0.2) is 4.98 Å². The first kappa shape index (κ1) is 24.7. The maximum atomic E-state index is 9.59. The Balaban J connectivity index is 1.13. The molecule has 4 atom stereocenters. The molecule has 39 heavy (non-hydrogen) atoms. The highest BCUT2D eigenvalue weighted by atomic mass is 16.5. The van der Waals surface area contributed by atoms with Gasteiger partial charge in [0.05, 0.1) is 18.6 Å². The Kier molecular flexibility index (Phi) is 7.02. The van der Waals surface area contributed by atoms with Crippen molar-refractivity contribution in [1.82, 2.24) is 19.8 Å². The molecule has 0 amide bonds. The molecular weight excluding hydrogens is 488 g/mol. The Morgan fingerprint density at radius 1 is 1.08 bits per heavy atom. The molecule has 9 nitrogen and oxygen atoms in total. The van der Waals surface area contributed by atoms with Crippen LogP contribution in [-0.4, -0.2) is 103 Å². The Labute approximate surface area is 232 Å². The first-order valence-corrected chi connectivity index (χ1v) is 13.9. The van der Waals surface area contributed by atoms with Crippen LogP contribution in [0.1, 0.15) is 19.4 Å². The molecule has 0 bridgehead atoms. The number of hydrogen-bond donors (Lipinski definition) is 1. The molecule has 2 aromatic heterocycles. The molecule has 5 heterocycles. The summed E-state index contributed by atoms with van der Waals surface area (Å²) in [4.78, 5) is 19.1. The smallest absolute Gasteiger partial charge is 0.128 e. The Bertz CT molecular complexity index is 1390. The van der Waals surface area contributed by atoms with Gasteiger partial charge in [-0.3, -0.25) is 14.8 Å². The lowest BCUT2D eigenvalue weighted by Gasteiger charge is -2.51. The Morgan fingerprint density at radius 3 is 2.72 bits per heavy atom. The van der Waals surface area contributed by atoms with E-state index >= 15 is 0 Å². The van der Waals surface area contributed by atoms with Crippen LogP contribution < -0.4 is 15.5 Å². The van der Waals surface area contributed by atoms with Crippen molar-refractivity contribution in [3.05, 3.63) is 59.9 Å². The third-order valence-corrected chi connectivity index (χ3v) is 8.70. The fourth-order valence-electron chi connectivity index (χ4n) is 6.59. The zero-order chi connectivity index (χ0) is 27.8. The average Bonchev–Trinajstić information content (AvgIpc) is 3.34. The first-order valence-electron chi connectivity index (χ1n) is 14.4. The zero-order valence-corrected chi connectivity index (χ0v) is 22.8. The second-order valence-corrected chi connectivity index (χ2v) is 11.1. The van der Waals surface area contributed by atoms with E-state index in [9.17, 15) is 5.26 Å². The molecule has 1 unspecified atom stereocenters. The number of benzene rings is 1. The number of ether oxygens (including phenoxy) is 1. The average molecular weight is 528 g/mol. The summed E-state index contributed by atoms with van der Waals surface area (Å²) in [6.45, 7) is 9.74. The lowest BCUT2D eigenvalue weighted by atomic mass is 10.0. The van der Waals surface area contributed by atoms with Crippen molar-refractivity contribution in [3.63, 3.8) is 0 Å². The number of piperazine rings is 2. The van der Waals surface area contributed by atoms with Crippen LogP contribution in [0.3, 0.4) is 0 Å². The maximum absolute atomic E-state index is 9.59. The van der Waals surface area contributed by atoms with Crippen molar-refractivity contribution < 1.29 is 6.11 Å². The molecule has 3 aliphatic rings. The normalized spacial score (nSPS) is 26.5. The summed E-state index contributed by atoms with van der Waals surface area (Å²) in [5.74, 6) is 1.03. The molecule has 1 aromatic carbocycles. The minimum absolute atomic E-state index is 0.0889. The summed E-state index contributed by atoms with van der Waals surface area (Å²) < 4.78 is 13.4. The van der Waals surface area contributed by atoms with Gasteiger partial charge in [0.25, 0.3) is 0 Å². The first-order chi connectivity index (χ1) is 19.4. The highest BCUT2D eigenvalue weighted by Crippen LogP contribution is 2.32. The number of likely N-dealkylation sites (tertiary alicyclic amines) is 1. The van der Waals surface area contributed by atoms with Gasteiger partial charge in [-0.2, -0.15) is 5.26 Å². The van der Waals surface area contributed by atoms with Crippen LogP contribution in [0.25, 0.3) is 10.9 Å². The topological polar surface area (TPSA) is 97.8 Å². The molecule has 204 valence electrons. The number of aromatic nitrogens is 2. The summed E-state index contributed by atoms with van der Waals surface area (Å²) >= 11 is 0. The molecule has 0 aliphatic carbocycles. The standard InChI is InChI=1S/C30H38N8O/c1-21-16-37(27-7-6-23(14-31)30-25(27)4-3-10-33-30)18-24-17-36(12-13-38(21)24)29-8-5-22(15-34-29)9-11-35-19-26(32)28(20-35)39-2/h3-8,10,15,21,24,26,28H,9,11-13,16-20,32H2,1-2H3/t21?,24-,26-,28-/m0/s1/i10D.